The van der Waals surface area contributed by atoms with E-state index in [2.05, 4.69) is 37.5 Å². The number of H-pyrrole nitrogens is 1. The number of nitriles is 1. The van der Waals surface area contributed by atoms with Crippen LogP contribution >= 0.6 is 27.7 Å². The first-order chi connectivity index (χ1) is 12.2. The lowest BCUT2D eigenvalue weighted by molar-refractivity contribution is 0.102. The number of amides is 1. The molecule has 124 valence electrons. The zero-order valence-electron chi connectivity index (χ0n) is 13.0. The van der Waals surface area contributed by atoms with E-state index < -0.39 is 0 Å². The monoisotopic (exact) mass is 412 g/mol. The molecule has 7 heteroatoms. The smallest absolute Gasteiger partial charge is 0.257 e. The van der Waals surface area contributed by atoms with Gasteiger partial charge < -0.3 is 5.32 Å². The first-order valence-corrected chi connectivity index (χ1v) is 9.18. The Kier molecular flexibility index (Phi) is 5.53. The molecule has 0 radical (unpaired) electrons. The van der Waals surface area contributed by atoms with Crippen LogP contribution in [0.2, 0.25) is 0 Å². The second-order valence-corrected chi connectivity index (χ2v) is 6.92. The molecule has 0 saturated carbocycles. The summed E-state index contributed by atoms with van der Waals surface area (Å²) < 4.78 is 0.684. The van der Waals surface area contributed by atoms with Crippen molar-refractivity contribution in [2.75, 3.05) is 5.32 Å². The van der Waals surface area contributed by atoms with Gasteiger partial charge in [-0.15, -0.1) is 0 Å². The number of hydrogen-bond donors (Lipinski definition) is 2. The quantitative estimate of drug-likeness (QED) is 0.600. The highest BCUT2D eigenvalue weighted by atomic mass is 79.9. The van der Waals surface area contributed by atoms with E-state index in [1.54, 1.807) is 18.2 Å². The maximum Gasteiger partial charge on any atom is 0.257 e. The van der Waals surface area contributed by atoms with E-state index in [1.807, 2.05) is 36.4 Å². The minimum Gasteiger partial charge on any atom is -0.306 e. The summed E-state index contributed by atoms with van der Waals surface area (Å²) >= 11 is 4.79. The van der Waals surface area contributed by atoms with Gasteiger partial charge in [0.15, 0.2) is 0 Å². The highest BCUT2D eigenvalue weighted by molar-refractivity contribution is 9.10. The number of nitrogens with one attached hydrogen (secondary N) is 2. The van der Waals surface area contributed by atoms with Crippen LogP contribution < -0.4 is 5.32 Å². The third-order valence-corrected chi connectivity index (χ3v) is 5.16. The predicted octanol–water partition coefficient (Wildman–Crippen LogP) is 4.59. The fourth-order valence-electron chi connectivity index (χ4n) is 2.18. The molecule has 5 nitrogen and oxygen atoms in total. The Morgan fingerprint density at radius 1 is 1.20 bits per heavy atom. The third kappa shape index (κ3) is 4.10. The molecular formula is C18H13BrN4OS. The van der Waals surface area contributed by atoms with Crippen molar-refractivity contribution in [3.05, 3.63) is 75.8 Å². The molecule has 0 aliphatic rings. The van der Waals surface area contributed by atoms with Gasteiger partial charge >= 0.3 is 0 Å². The number of thioether (sulfide) groups is 1. The summed E-state index contributed by atoms with van der Waals surface area (Å²) in [5, 5.41) is 19.6. The number of rotatable bonds is 5. The van der Waals surface area contributed by atoms with E-state index in [0.29, 0.717) is 32.2 Å². The molecule has 0 aliphatic carbocycles. The average molecular weight is 413 g/mol. The second kappa shape index (κ2) is 8.01. The van der Waals surface area contributed by atoms with Gasteiger partial charge in [-0.25, -0.2) is 0 Å². The minimum atomic E-state index is -0.313. The Bertz CT molecular complexity index is 934. The van der Waals surface area contributed by atoms with E-state index in [1.165, 1.54) is 11.8 Å². The van der Waals surface area contributed by atoms with Crippen molar-refractivity contribution in [3.63, 3.8) is 0 Å². The van der Waals surface area contributed by atoms with Gasteiger partial charge in [0.05, 0.1) is 5.56 Å². The Morgan fingerprint density at radius 2 is 1.92 bits per heavy atom. The van der Waals surface area contributed by atoms with Crippen molar-refractivity contribution in [3.8, 4) is 6.07 Å². The van der Waals surface area contributed by atoms with E-state index in [-0.39, 0.29) is 5.91 Å². The molecule has 0 fully saturated rings. The zero-order chi connectivity index (χ0) is 17.6. The largest absolute Gasteiger partial charge is 0.306 e. The molecule has 1 aromatic heterocycles. The maximum atomic E-state index is 12.4. The van der Waals surface area contributed by atoms with Gasteiger partial charge in [-0.1, -0.05) is 54.2 Å². The molecule has 25 heavy (non-hydrogen) atoms. The maximum absolute atomic E-state index is 12.4. The van der Waals surface area contributed by atoms with Gasteiger partial charge in [0, 0.05) is 10.2 Å². The number of halogens is 1. The molecule has 0 atom stereocenters. The Morgan fingerprint density at radius 3 is 2.64 bits per heavy atom. The lowest BCUT2D eigenvalue weighted by Gasteiger charge is -2.05. The molecular weight excluding hydrogens is 400 g/mol. The van der Waals surface area contributed by atoms with E-state index in [0.717, 1.165) is 5.56 Å². The lowest BCUT2D eigenvalue weighted by atomic mass is 10.2. The number of hydrogen-bond acceptors (Lipinski definition) is 4. The fourth-order valence-corrected chi connectivity index (χ4v) is 3.54. The van der Waals surface area contributed by atoms with Crippen LogP contribution in [0.5, 0.6) is 0 Å². The first-order valence-electron chi connectivity index (χ1n) is 7.40. The summed E-state index contributed by atoms with van der Waals surface area (Å²) in [6, 6.07) is 19.1. The van der Waals surface area contributed by atoms with Gasteiger partial charge in [0.2, 0.25) is 0 Å². The molecule has 0 spiro atoms. The van der Waals surface area contributed by atoms with Crippen LogP contribution in [0.4, 0.5) is 5.82 Å². The van der Waals surface area contributed by atoms with Crippen LogP contribution in [0.3, 0.4) is 0 Å². The van der Waals surface area contributed by atoms with Crippen molar-refractivity contribution in [1.82, 2.24) is 10.2 Å². The van der Waals surface area contributed by atoms with Gasteiger partial charge in [-0.3, -0.25) is 9.89 Å². The van der Waals surface area contributed by atoms with E-state index in [4.69, 9.17) is 0 Å². The molecule has 0 bridgehead atoms. The van der Waals surface area contributed by atoms with Gasteiger partial charge in [0.25, 0.3) is 5.91 Å². The summed E-state index contributed by atoms with van der Waals surface area (Å²) in [6.07, 6.45) is 0. The second-order valence-electron chi connectivity index (χ2n) is 5.10. The average Bonchev–Trinajstić information content (AvgIpc) is 3.02. The minimum absolute atomic E-state index is 0.304. The van der Waals surface area contributed by atoms with Crippen LogP contribution in [0, 0.1) is 11.3 Å². The van der Waals surface area contributed by atoms with Crippen LogP contribution in [0.15, 0.2) is 64.1 Å². The highest BCUT2D eigenvalue weighted by Gasteiger charge is 2.17. The molecule has 2 aromatic carbocycles. The number of carbonyl (C=O) groups excluding carboxylic acids is 1. The summed E-state index contributed by atoms with van der Waals surface area (Å²) in [7, 11) is 0. The lowest BCUT2D eigenvalue weighted by Crippen LogP contribution is -2.13. The Labute approximate surface area is 157 Å². The van der Waals surface area contributed by atoms with Crippen LogP contribution in [-0.4, -0.2) is 16.1 Å². The number of aromatic amines is 1. The number of nitrogens with zero attached hydrogens (tertiary/aromatic N) is 2. The number of carbonyl (C=O) groups is 1. The third-order valence-electron chi connectivity index (χ3n) is 3.42. The van der Waals surface area contributed by atoms with E-state index in [9.17, 15) is 10.1 Å². The predicted molar refractivity (Wildman–Crippen MR) is 101 cm³/mol. The standard InChI is InChI=1S/C18H13BrN4OS/c19-15-9-5-4-8-13(15)17(24)21-16-14(10-20)18(23-22-16)25-11-12-6-2-1-3-7-12/h1-9H,11H2,(H2,21,22,23,24). The van der Waals surface area contributed by atoms with Gasteiger partial charge in [0.1, 0.15) is 22.5 Å². The molecule has 0 aliphatic heterocycles. The van der Waals surface area contributed by atoms with Crippen molar-refractivity contribution in [2.45, 2.75) is 10.8 Å². The van der Waals surface area contributed by atoms with Crippen molar-refractivity contribution >= 4 is 39.4 Å². The van der Waals surface area contributed by atoms with Gasteiger partial charge in [-0.05, 0) is 33.6 Å². The molecule has 0 saturated heterocycles. The Balaban J connectivity index is 1.75. The molecule has 3 aromatic rings. The zero-order valence-corrected chi connectivity index (χ0v) is 15.4. The topological polar surface area (TPSA) is 81.6 Å². The molecule has 1 amide bonds. The van der Waals surface area contributed by atoms with E-state index >= 15 is 0 Å². The van der Waals surface area contributed by atoms with Crippen molar-refractivity contribution in [1.29, 1.82) is 5.26 Å². The number of aromatic nitrogens is 2. The van der Waals surface area contributed by atoms with Crippen LogP contribution in [-0.2, 0) is 5.75 Å². The van der Waals surface area contributed by atoms with Crippen molar-refractivity contribution in [2.24, 2.45) is 0 Å². The summed E-state index contributed by atoms with van der Waals surface area (Å²) in [5.74, 6) is 0.684. The molecule has 1 heterocycles. The number of benzene rings is 2. The van der Waals surface area contributed by atoms with Crippen LogP contribution in [0.1, 0.15) is 21.5 Å². The van der Waals surface area contributed by atoms with Crippen molar-refractivity contribution < 1.29 is 4.79 Å². The number of anilines is 1. The summed E-state index contributed by atoms with van der Waals surface area (Å²) in [5.41, 5.74) is 1.96. The molecule has 3 rings (SSSR count). The molecule has 2 N–H and O–H groups in total. The Hall–Kier alpha value is -2.56. The summed E-state index contributed by atoms with van der Waals surface area (Å²) in [6.45, 7) is 0. The van der Waals surface area contributed by atoms with Crippen LogP contribution in [0.25, 0.3) is 0 Å². The highest BCUT2D eigenvalue weighted by Crippen LogP contribution is 2.28. The molecule has 0 unspecified atom stereocenters. The normalized spacial score (nSPS) is 10.2. The van der Waals surface area contributed by atoms with Gasteiger partial charge in [-0.2, -0.15) is 10.4 Å². The fraction of sp³-hybridized carbons (Fsp3) is 0.0556. The SMILES string of the molecule is N#Cc1c(SCc2ccccc2)n[nH]c1NC(=O)c1ccccc1Br. The first kappa shape index (κ1) is 17.3. The summed E-state index contributed by atoms with van der Waals surface area (Å²) in [4.78, 5) is 12.4.